The van der Waals surface area contributed by atoms with Crippen LogP contribution in [0.2, 0.25) is 0 Å². The molecular formula is C14H17N2ORbWY-2. The minimum absolute atomic E-state index is 0. The molecule has 3 nitrogen and oxygen atoms in total. The second-order valence-corrected chi connectivity index (χ2v) is 4.29. The summed E-state index contributed by atoms with van der Waals surface area (Å²) < 4.78 is 0. The van der Waals surface area contributed by atoms with Crippen molar-refractivity contribution < 1.29 is 117 Å². The van der Waals surface area contributed by atoms with Crippen molar-refractivity contribution in [2.45, 2.75) is 19.4 Å². The van der Waals surface area contributed by atoms with Crippen molar-refractivity contribution in [1.82, 2.24) is 4.90 Å². The van der Waals surface area contributed by atoms with E-state index in [4.69, 9.17) is 0 Å². The number of nitrogens with zero attached hydrogens (tertiary/aromatic N) is 2. The first-order chi connectivity index (χ1) is 8.22. The molecule has 6 heteroatoms. The molecule has 1 radical (unpaired) electrons. The Kier molecular flexibility index (Phi) is 15.3. The zero-order valence-electron chi connectivity index (χ0n) is 12.1. The van der Waals surface area contributed by atoms with Crippen molar-refractivity contribution in [1.29, 1.82) is 0 Å². The molecule has 2 rings (SSSR count). The van der Waals surface area contributed by atoms with E-state index in [1.165, 1.54) is 0 Å². The van der Waals surface area contributed by atoms with Gasteiger partial charge in [-0.15, -0.1) is 6.07 Å². The Morgan fingerprint density at radius 3 is 2.80 bits per heavy atom. The minimum Gasteiger partial charge on any atom is -0.665 e. The molecule has 1 amide bonds. The third kappa shape index (κ3) is 6.70. The fraction of sp³-hybridized carbons (Fsp3) is 0.357. The molecule has 0 aliphatic carbocycles. The van der Waals surface area contributed by atoms with Crippen molar-refractivity contribution >= 4 is 5.91 Å². The van der Waals surface area contributed by atoms with E-state index in [0.29, 0.717) is 6.54 Å². The van der Waals surface area contributed by atoms with Gasteiger partial charge < -0.3 is 10.2 Å². The topological polar surface area (TPSA) is 34.4 Å². The van der Waals surface area contributed by atoms with Gasteiger partial charge in [0, 0.05) is 60.3 Å². The number of hydrogen-bond acceptors (Lipinski definition) is 1. The van der Waals surface area contributed by atoms with Gasteiger partial charge in [0.1, 0.15) is 0 Å². The number of rotatable bonds is 5. The summed E-state index contributed by atoms with van der Waals surface area (Å²) in [6, 6.07) is 5.81. The van der Waals surface area contributed by atoms with Crippen molar-refractivity contribution in [2.75, 3.05) is 13.6 Å². The van der Waals surface area contributed by atoms with Crippen LogP contribution in [0.25, 0.3) is 5.32 Å². The van der Waals surface area contributed by atoms with Gasteiger partial charge in [-0.05, 0) is 11.1 Å². The van der Waals surface area contributed by atoms with E-state index in [2.05, 4.69) is 12.2 Å². The van der Waals surface area contributed by atoms with E-state index < -0.39 is 0 Å². The molecule has 1 aromatic carbocycles. The van der Waals surface area contributed by atoms with E-state index in [1.807, 2.05) is 31.8 Å². The van der Waals surface area contributed by atoms with E-state index >= 15 is 0 Å². The Labute approximate surface area is 210 Å². The molecule has 1 aliphatic rings. The monoisotopic (exact) mass is 587 g/mol. The van der Waals surface area contributed by atoms with Crippen LogP contribution in [0, 0.1) is 13.5 Å². The fourth-order valence-corrected chi connectivity index (χ4v) is 2.01. The normalized spacial score (nSPS) is 12.1. The van der Waals surface area contributed by atoms with Gasteiger partial charge in [-0.25, -0.2) is 6.54 Å². The van der Waals surface area contributed by atoms with Gasteiger partial charge in [0.05, 0.1) is 0 Å². The van der Waals surface area contributed by atoms with Gasteiger partial charge in [-0.3, -0.25) is 4.79 Å². The molecule has 1 aliphatic heterocycles. The van der Waals surface area contributed by atoms with Crippen LogP contribution >= 0.6 is 0 Å². The number of carbonyl (C=O) groups is 1. The predicted molar refractivity (Wildman–Crippen MR) is 68.5 cm³/mol. The van der Waals surface area contributed by atoms with E-state index in [0.717, 1.165) is 36.1 Å². The van der Waals surface area contributed by atoms with Crippen molar-refractivity contribution in [2.24, 2.45) is 0 Å². The predicted octanol–water partition coefficient (Wildman–Crippen LogP) is -0.231. The van der Waals surface area contributed by atoms with Gasteiger partial charge in [0.15, 0.2) is 0 Å². The second kappa shape index (κ2) is 12.5. The maximum atomic E-state index is 12.1. The first kappa shape index (κ1) is 24.4. The average molecular weight is 588 g/mol. The number of carbonyl (C=O) groups excluding carboxylic acids is 1. The van der Waals surface area contributed by atoms with Crippen LogP contribution < -0.4 is 58.2 Å². The largest absolute Gasteiger partial charge is 1.00 e. The second-order valence-electron chi connectivity index (χ2n) is 4.29. The molecule has 101 valence electrons. The molecule has 0 N–H and O–H groups in total. The van der Waals surface area contributed by atoms with Crippen LogP contribution in [0.15, 0.2) is 18.2 Å². The maximum Gasteiger partial charge on any atom is 1.00 e. The smallest absolute Gasteiger partial charge is 0.665 e. The van der Waals surface area contributed by atoms with Gasteiger partial charge >= 0.3 is 58.2 Å². The molecule has 0 fully saturated rings. The Balaban J connectivity index is 0. The summed E-state index contributed by atoms with van der Waals surface area (Å²) in [5, 5.41) is 4.04. The van der Waals surface area contributed by atoms with Gasteiger partial charge in [0.2, 0.25) is 5.91 Å². The molecule has 0 unspecified atom stereocenters. The minimum atomic E-state index is 0. The van der Waals surface area contributed by atoms with Crippen LogP contribution in [0.4, 0.5) is 0 Å². The molecule has 20 heavy (non-hydrogen) atoms. The van der Waals surface area contributed by atoms with Crippen molar-refractivity contribution in [3.05, 3.63) is 53.7 Å². The molecule has 0 spiro atoms. The molecular weight excluding hydrogens is 570 g/mol. The standard InChI is InChI=1S/C14H17N2O.Rb.W.Y/c1-11-5-6-12-10-16(8-4-3-7-15-2)14(17)13(12)9-11;;;/h5-6,8-9H,1,3-4,7,10H2,2H3;;;/q-3;+1;;. The molecule has 1 aromatic rings. The number of benzene rings is 1. The first-order valence-electron chi connectivity index (χ1n) is 5.87. The Morgan fingerprint density at radius 2 is 2.15 bits per heavy atom. The molecule has 0 bridgehead atoms. The summed E-state index contributed by atoms with van der Waals surface area (Å²) in [4.78, 5) is 13.8. The van der Waals surface area contributed by atoms with Crippen LogP contribution in [0.3, 0.4) is 0 Å². The van der Waals surface area contributed by atoms with Gasteiger partial charge in [0.25, 0.3) is 0 Å². The molecule has 0 saturated carbocycles. The zero-order chi connectivity index (χ0) is 12.3. The quantitative estimate of drug-likeness (QED) is 0.347. The molecule has 1 heterocycles. The summed E-state index contributed by atoms with van der Waals surface area (Å²) in [6.45, 7) is 7.38. The SMILES string of the molecule is [CH2-]c1ccc2c(c1)C(=O)N([CH-]CCC[N-]C)C2.[Rb+].[W].[Y]. The number of fused-ring (bicyclic) bond motifs is 1. The summed E-state index contributed by atoms with van der Waals surface area (Å²) in [5.74, 6) is 0.0962. The van der Waals surface area contributed by atoms with E-state index in [-0.39, 0.29) is 118 Å². The Hall–Kier alpha value is 2.12. The summed E-state index contributed by atoms with van der Waals surface area (Å²) >= 11 is 0. The van der Waals surface area contributed by atoms with Gasteiger partial charge in [-0.2, -0.15) is 44.6 Å². The number of hydrogen-bond donors (Lipinski definition) is 0. The third-order valence-corrected chi connectivity index (χ3v) is 2.94. The molecule has 0 aromatic heterocycles. The summed E-state index contributed by atoms with van der Waals surface area (Å²) in [5.41, 5.74) is 2.79. The van der Waals surface area contributed by atoms with Crippen LogP contribution in [0.1, 0.15) is 34.3 Å². The van der Waals surface area contributed by atoms with Gasteiger partial charge in [-0.1, -0.05) is 6.42 Å². The summed E-state index contributed by atoms with van der Waals surface area (Å²) in [7, 11) is 1.81. The molecule has 0 atom stereocenters. The molecule has 0 saturated heterocycles. The number of unbranched alkanes of at least 4 members (excludes halogenated alkanes) is 1. The maximum absolute atomic E-state index is 12.1. The zero-order valence-corrected chi connectivity index (χ0v) is 22.8. The van der Waals surface area contributed by atoms with Crippen LogP contribution in [-0.2, 0) is 60.3 Å². The van der Waals surface area contributed by atoms with Crippen LogP contribution in [-0.4, -0.2) is 24.4 Å². The van der Waals surface area contributed by atoms with E-state index in [1.54, 1.807) is 4.90 Å². The van der Waals surface area contributed by atoms with Crippen molar-refractivity contribution in [3.63, 3.8) is 0 Å². The number of amides is 1. The average Bonchev–Trinajstić information content (AvgIpc) is 2.62. The van der Waals surface area contributed by atoms with E-state index in [9.17, 15) is 4.79 Å². The Morgan fingerprint density at radius 1 is 1.45 bits per heavy atom. The van der Waals surface area contributed by atoms with Crippen LogP contribution in [0.5, 0.6) is 0 Å². The summed E-state index contributed by atoms with van der Waals surface area (Å²) in [6.07, 6.45) is 1.89. The Bertz CT molecular complexity index is 432. The third-order valence-electron chi connectivity index (χ3n) is 2.94. The first-order valence-corrected chi connectivity index (χ1v) is 5.87. The fourth-order valence-electron chi connectivity index (χ4n) is 2.01. The van der Waals surface area contributed by atoms with Crippen molar-refractivity contribution in [3.8, 4) is 0 Å².